The Morgan fingerprint density at radius 3 is 2.30 bits per heavy atom. The molecule has 3 aromatic carbocycles. The number of aliphatic hydroxyl groups is 1. The lowest BCUT2D eigenvalue weighted by atomic mass is 9.78. The van der Waals surface area contributed by atoms with Gasteiger partial charge < -0.3 is 14.7 Å². The topological polar surface area (TPSA) is 49.8 Å². The predicted molar refractivity (Wildman–Crippen MR) is 114 cm³/mol. The Morgan fingerprint density at radius 1 is 1.00 bits per heavy atom. The Balaban J connectivity index is 1.56. The van der Waals surface area contributed by atoms with Crippen molar-refractivity contribution < 1.29 is 19.0 Å². The van der Waals surface area contributed by atoms with Gasteiger partial charge in [-0.3, -0.25) is 4.79 Å². The van der Waals surface area contributed by atoms with Crippen molar-refractivity contribution in [1.29, 1.82) is 0 Å². The number of methoxy groups -OCH3 is 1. The number of benzene rings is 3. The average Bonchev–Trinajstić information content (AvgIpc) is 2.79. The van der Waals surface area contributed by atoms with E-state index in [1.165, 1.54) is 12.1 Å². The first-order valence-electron chi connectivity index (χ1n) is 10.0. The fourth-order valence-electron chi connectivity index (χ4n) is 4.08. The molecule has 3 aromatic rings. The molecule has 4 rings (SSSR count). The second kappa shape index (κ2) is 8.67. The van der Waals surface area contributed by atoms with Crippen LogP contribution < -0.4 is 9.64 Å². The number of ether oxygens (including phenoxy) is 1. The number of carbonyl (C=O) groups is 1. The van der Waals surface area contributed by atoms with Crippen LogP contribution in [0.15, 0.2) is 78.9 Å². The number of hydrogen-bond acceptors (Lipinski definition) is 3. The van der Waals surface area contributed by atoms with E-state index < -0.39 is 6.10 Å². The number of anilines is 1. The molecule has 4 nitrogen and oxygen atoms in total. The van der Waals surface area contributed by atoms with Gasteiger partial charge in [0.1, 0.15) is 11.6 Å². The summed E-state index contributed by atoms with van der Waals surface area (Å²) in [6.07, 6.45) is 0.434. The van der Waals surface area contributed by atoms with Gasteiger partial charge in [0.15, 0.2) is 0 Å². The van der Waals surface area contributed by atoms with Gasteiger partial charge in [-0.1, -0.05) is 42.5 Å². The van der Waals surface area contributed by atoms with E-state index in [9.17, 15) is 14.3 Å². The third-order valence-corrected chi connectivity index (χ3v) is 5.71. The Bertz CT molecular complexity index is 989. The zero-order valence-electron chi connectivity index (χ0n) is 16.7. The first-order valence-corrected chi connectivity index (χ1v) is 10.0. The summed E-state index contributed by atoms with van der Waals surface area (Å²) in [7, 11) is 1.61. The van der Waals surface area contributed by atoms with Crippen molar-refractivity contribution in [3.05, 3.63) is 95.8 Å². The van der Waals surface area contributed by atoms with Crippen molar-refractivity contribution in [2.45, 2.75) is 25.0 Å². The van der Waals surface area contributed by atoms with Gasteiger partial charge in [-0.2, -0.15) is 0 Å². The van der Waals surface area contributed by atoms with Gasteiger partial charge in [0, 0.05) is 5.69 Å². The highest BCUT2D eigenvalue weighted by Crippen LogP contribution is 2.46. The zero-order valence-corrected chi connectivity index (χ0v) is 16.7. The summed E-state index contributed by atoms with van der Waals surface area (Å²) in [4.78, 5) is 14.7. The summed E-state index contributed by atoms with van der Waals surface area (Å²) in [6.45, 7) is 0. The maximum Gasteiger partial charge on any atom is 0.233 e. The standard InChI is InChI=1S/C25H24FNO3/c1-30-21-13-7-18(8-14-21)24-22(15-16-23(28)17-5-3-2-4-6-17)25(29)27(24)20-11-9-19(26)10-12-20/h2-14,22-24,28H,15-16H2,1H3/t22?,23-,24+/m0/s1. The third-order valence-electron chi connectivity index (χ3n) is 5.71. The molecule has 30 heavy (non-hydrogen) atoms. The fraction of sp³-hybridized carbons (Fsp3) is 0.240. The number of aliphatic hydroxyl groups excluding tert-OH is 1. The molecule has 1 heterocycles. The minimum atomic E-state index is -0.615. The molecule has 0 saturated carbocycles. The van der Waals surface area contributed by atoms with Crippen LogP contribution in [-0.4, -0.2) is 18.1 Å². The van der Waals surface area contributed by atoms with Gasteiger partial charge in [-0.25, -0.2) is 4.39 Å². The van der Waals surface area contributed by atoms with E-state index in [4.69, 9.17) is 4.74 Å². The fourth-order valence-corrected chi connectivity index (χ4v) is 4.08. The Hall–Kier alpha value is -3.18. The van der Waals surface area contributed by atoms with Crippen LogP contribution in [0.2, 0.25) is 0 Å². The SMILES string of the molecule is COc1ccc([C@@H]2C(CC[C@H](O)c3ccccc3)C(=O)N2c2ccc(F)cc2)cc1. The molecule has 1 aliphatic heterocycles. The number of rotatable bonds is 7. The van der Waals surface area contributed by atoms with E-state index in [-0.39, 0.29) is 23.7 Å². The van der Waals surface area contributed by atoms with Crippen molar-refractivity contribution in [2.75, 3.05) is 12.0 Å². The maximum atomic E-state index is 13.4. The van der Waals surface area contributed by atoms with Gasteiger partial charge in [-0.15, -0.1) is 0 Å². The highest BCUT2D eigenvalue weighted by atomic mass is 19.1. The maximum absolute atomic E-state index is 13.4. The van der Waals surface area contributed by atoms with Gasteiger partial charge >= 0.3 is 0 Å². The molecule has 3 atom stereocenters. The van der Waals surface area contributed by atoms with Crippen molar-refractivity contribution in [3.63, 3.8) is 0 Å². The first kappa shape index (κ1) is 20.1. The predicted octanol–water partition coefficient (Wildman–Crippen LogP) is 5.05. The molecule has 1 amide bonds. The Kier molecular flexibility index (Phi) is 5.81. The Labute approximate surface area is 175 Å². The lowest BCUT2D eigenvalue weighted by molar-refractivity contribution is -0.131. The van der Waals surface area contributed by atoms with E-state index in [1.807, 2.05) is 54.6 Å². The largest absolute Gasteiger partial charge is 0.497 e. The average molecular weight is 405 g/mol. The van der Waals surface area contributed by atoms with Crippen LogP contribution in [0.25, 0.3) is 0 Å². The molecule has 1 N–H and O–H groups in total. The summed E-state index contributed by atoms with van der Waals surface area (Å²) < 4.78 is 18.6. The van der Waals surface area contributed by atoms with Gasteiger partial charge in [0.05, 0.1) is 25.2 Å². The molecular weight excluding hydrogens is 381 g/mol. The molecule has 1 fully saturated rings. The van der Waals surface area contributed by atoms with Crippen molar-refractivity contribution in [2.24, 2.45) is 5.92 Å². The van der Waals surface area contributed by atoms with Crippen molar-refractivity contribution in [1.82, 2.24) is 0 Å². The summed E-state index contributed by atoms with van der Waals surface area (Å²) in [5.74, 6) is 0.147. The second-order valence-electron chi connectivity index (χ2n) is 7.51. The summed E-state index contributed by atoms with van der Waals surface area (Å²) in [6, 6.07) is 22.9. The molecule has 0 bridgehead atoms. The number of nitrogens with zero attached hydrogens (tertiary/aromatic N) is 1. The van der Waals surface area contributed by atoms with Gasteiger partial charge in [-0.05, 0) is 60.4 Å². The van der Waals surface area contributed by atoms with E-state index in [1.54, 1.807) is 24.1 Å². The number of hydrogen-bond donors (Lipinski definition) is 1. The van der Waals surface area contributed by atoms with Crippen LogP contribution in [0, 0.1) is 11.7 Å². The van der Waals surface area contributed by atoms with Gasteiger partial charge in [0.25, 0.3) is 0 Å². The lowest BCUT2D eigenvalue weighted by Crippen LogP contribution is -2.55. The smallest absolute Gasteiger partial charge is 0.233 e. The summed E-state index contributed by atoms with van der Waals surface area (Å²) in [5.41, 5.74) is 2.50. The quantitative estimate of drug-likeness (QED) is 0.560. The third kappa shape index (κ3) is 3.94. The van der Waals surface area contributed by atoms with Crippen LogP contribution in [-0.2, 0) is 4.79 Å². The molecule has 1 saturated heterocycles. The van der Waals surface area contributed by atoms with Crippen LogP contribution in [0.1, 0.15) is 36.1 Å². The minimum Gasteiger partial charge on any atom is -0.497 e. The highest BCUT2D eigenvalue weighted by molar-refractivity contribution is 6.03. The van der Waals surface area contributed by atoms with E-state index in [0.717, 1.165) is 16.9 Å². The van der Waals surface area contributed by atoms with E-state index >= 15 is 0 Å². The number of halogens is 1. The van der Waals surface area contributed by atoms with Crippen LogP contribution in [0.4, 0.5) is 10.1 Å². The van der Waals surface area contributed by atoms with Gasteiger partial charge in [0.2, 0.25) is 5.91 Å². The first-order chi connectivity index (χ1) is 14.6. The lowest BCUT2D eigenvalue weighted by Gasteiger charge is -2.48. The molecule has 0 aromatic heterocycles. The molecular formula is C25H24FNO3. The normalized spacial score (nSPS) is 19.3. The summed E-state index contributed by atoms with van der Waals surface area (Å²) >= 11 is 0. The van der Waals surface area contributed by atoms with E-state index in [2.05, 4.69) is 0 Å². The monoisotopic (exact) mass is 405 g/mol. The van der Waals surface area contributed by atoms with Crippen LogP contribution in [0.3, 0.4) is 0 Å². The van der Waals surface area contributed by atoms with Crippen LogP contribution in [0.5, 0.6) is 5.75 Å². The zero-order chi connectivity index (χ0) is 21.1. The molecule has 0 radical (unpaired) electrons. The van der Waals surface area contributed by atoms with Crippen LogP contribution >= 0.6 is 0 Å². The minimum absolute atomic E-state index is 0.0114. The number of β-lactam (4-membered cyclic amide) rings is 1. The molecule has 0 aliphatic carbocycles. The second-order valence-corrected chi connectivity index (χ2v) is 7.51. The Morgan fingerprint density at radius 2 is 1.67 bits per heavy atom. The molecule has 1 unspecified atom stereocenters. The van der Waals surface area contributed by atoms with E-state index in [0.29, 0.717) is 18.5 Å². The number of amides is 1. The molecule has 154 valence electrons. The number of carbonyl (C=O) groups excluding carboxylic acids is 1. The molecule has 1 aliphatic rings. The van der Waals surface area contributed by atoms with Crippen molar-refractivity contribution >= 4 is 11.6 Å². The van der Waals surface area contributed by atoms with Crippen molar-refractivity contribution in [3.8, 4) is 5.75 Å². The molecule has 5 heteroatoms. The molecule has 0 spiro atoms. The summed E-state index contributed by atoms with van der Waals surface area (Å²) in [5, 5.41) is 10.5. The highest BCUT2D eigenvalue weighted by Gasteiger charge is 2.48.